The van der Waals surface area contributed by atoms with Gasteiger partial charge in [-0.25, -0.2) is 4.68 Å². The lowest BCUT2D eigenvalue weighted by Crippen LogP contribution is -2.23. The number of nitrogens with one attached hydrogen (secondary N) is 1. The van der Waals surface area contributed by atoms with Crippen molar-refractivity contribution >= 4 is 17.7 Å². The smallest absolute Gasteiger partial charge is 0.387 e. The highest BCUT2D eigenvalue weighted by Gasteiger charge is 2.20. The molecular formula is C22H18F2N4O3. The normalized spacial score (nSPS) is 11.3. The number of amides is 1. The Kier molecular flexibility index (Phi) is 6.31. The average molecular weight is 424 g/mol. The number of nitrogens with zero attached hydrogens (tertiary/aromatic N) is 3. The second-order valence-corrected chi connectivity index (χ2v) is 6.48. The van der Waals surface area contributed by atoms with Crippen molar-refractivity contribution in [3.8, 4) is 17.5 Å². The van der Waals surface area contributed by atoms with Gasteiger partial charge in [0, 0.05) is 12.6 Å². The fourth-order valence-electron chi connectivity index (χ4n) is 3.00. The van der Waals surface area contributed by atoms with Gasteiger partial charge in [-0.2, -0.15) is 14.0 Å². The number of carbonyl (C=O) groups is 1. The number of hydrogen-bond donors (Lipinski definition) is 1. The highest BCUT2D eigenvalue weighted by molar-refractivity contribution is 6.10. The summed E-state index contributed by atoms with van der Waals surface area (Å²) in [5.74, 6) is -1.03. The van der Waals surface area contributed by atoms with Crippen LogP contribution in [0.2, 0.25) is 0 Å². The molecule has 9 heteroatoms. The molecule has 3 aromatic rings. The Balaban J connectivity index is 1.96. The van der Waals surface area contributed by atoms with Crippen molar-refractivity contribution in [2.24, 2.45) is 7.05 Å². The predicted molar refractivity (Wildman–Crippen MR) is 111 cm³/mol. The van der Waals surface area contributed by atoms with E-state index in [0.29, 0.717) is 11.4 Å². The summed E-state index contributed by atoms with van der Waals surface area (Å²) < 4.78 is 32.6. The molecule has 31 heavy (non-hydrogen) atoms. The molecule has 0 saturated carbocycles. The quantitative estimate of drug-likeness (QED) is 0.483. The molecule has 0 fully saturated rings. The lowest BCUT2D eigenvalue weighted by Gasteiger charge is -2.08. The Morgan fingerprint density at radius 3 is 2.45 bits per heavy atom. The van der Waals surface area contributed by atoms with Gasteiger partial charge in [-0.1, -0.05) is 36.4 Å². The van der Waals surface area contributed by atoms with E-state index in [4.69, 9.17) is 0 Å². The number of rotatable bonds is 6. The van der Waals surface area contributed by atoms with Crippen molar-refractivity contribution in [2.75, 3.05) is 5.32 Å². The van der Waals surface area contributed by atoms with E-state index in [1.165, 1.54) is 22.9 Å². The molecule has 3 rings (SSSR count). The average Bonchev–Trinajstić information content (AvgIpc) is 2.96. The fraction of sp³-hybridized carbons (Fsp3) is 0.136. The van der Waals surface area contributed by atoms with Crippen LogP contribution < -0.4 is 15.6 Å². The predicted octanol–water partition coefficient (Wildman–Crippen LogP) is 3.63. The van der Waals surface area contributed by atoms with Crippen molar-refractivity contribution in [3.63, 3.8) is 0 Å². The molecule has 0 bridgehead atoms. The van der Waals surface area contributed by atoms with Crippen LogP contribution in [0.4, 0.5) is 14.5 Å². The molecule has 1 amide bonds. The number of nitriles is 1. The van der Waals surface area contributed by atoms with Crippen LogP contribution in [0.3, 0.4) is 0 Å². The lowest BCUT2D eigenvalue weighted by atomic mass is 10.1. The van der Waals surface area contributed by atoms with E-state index in [1.807, 2.05) is 6.07 Å². The molecule has 0 aliphatic carbocycles. The number of hydrogen-bond acceptors (Lipinski definition) is 4. The van der Waals surface area contributed by atoms with Crippen LogP contribution in [-0.2, 0) is 11.8 Å². The number of alkyl halides is 2. The number of carbonyl (C=O) groups excluding carboxylic acids is 1. The van der Waals surface area contributed by atoms with E-state index in [0.717, 1.165) is 6.08 Å². The Labute approximate surface area is 176 Å². The molecule has 0 saturated heterocycles. The number of ether oxygens (including phenoxy) is 1. The summed E-state index contributed by atoms with van der Waals surface area (Å²) in [5, 5.41) is 11.9. The van der Waals surface area contributed by atoms with Crippen LogP contribution in [0.15, 0.2) is 65.0 Å². The van der Waals surface area contributed by atoms with Gasteiger partial charge in [0.25, 0.3) is 11.5 Å². The minimum atomic E-state index is -3.06. The molecule has 1 N–H and O–H groups in total. The number of aromatic nitrogens is 2. The molecule has 1 aromatic heterocycles. The Morgan fingerprint density at radius 2 is 1.81 bits per heavy atom. The number of para-hydroxylation sites is 2. The first kappa shape index (κ1) is 21.5. The van der Waals surface area contributed by atoms with Gasteiger partial charge in [0.15, 0.2) is 0 Å². The maximum Gasteiger partial charge on any atom is 0.387 e. The lowest BCUT2D eigenvalue weighted by molar-refractivity contribution is -0.112. The summed E-state index contributed by atoms with van der Waals surface area (Å²) in [6, 6.07) is 16.3. The van der Waals surface area contributed by atoms with Gasteiger partial charge in [0.1, 0.15) is 23.1 Å². The first-order chi connectivity index (χ1) is 14.8. The van der Waals surface area contributed by atoms with E-state index in [9.17, 15) is 23.6 Å². The summed E-state index contributed by atoms with van der Waals surface area (Å²) in [6.07, 6.45) is 1.13. The van der Waals surface area contributed by atoms with E-state index >= 15 is 0 Å². The minimum absolute atomic E-state index is 0.00891. The molecule has 1 heterocycles. The zero-order valence-electron chi connectivity index (χ0n) is 16.7. The number of halogens is 2. The first-order valence-corrected chi connectivity index (χ1v) is 9.14. The first-order valence-electron chi connectivity index (χ1n) is 9.14. The van der Waals surface area contributed by atoms with Crippen molar-refractivity contribution in [1.29, 1.82) is 5.26 Å². The van der Waals surface area contributed by atoms with Crippen LogP contribution >= 0.6 is 0 Å². The topological polar surface area (TPSA) is 89.1 Å². The summed E-state index contributed by atoms with van der Waals surface area (Å²) in [4.78, 5) is 25.6. The van der Waals surface area contributed by atoms with Crippen LogP contribution in [0.1, 0.15) is 11.3 Å². The van der Waals surface area contributed by atoms with Crippen LogP contribution in [0.5, 0.6) is 5.75 Å². The number of benzene rings is 2. The van der Waals surface area contributed by atoms with E-state index in [2.05, 4.69) is 10.1 Å². The van der Waals surface area contributed by atoms with Crippen molar-refractivity contribution in [1.82, 2.24) is 9.36 Å². The Bertz CT molecular complexity index is 1240. The highest BCUT2D eigenvalue weighted by atomic mass is 19.3. The SMILES string of the molecule is Cc1c(NC(=O)/C(C#N)=C\c2ccccc2OC(F)F)c(=O)n(-c2ccccc2)n1C. The van der Waals surface area contributed by atoms with Crippen LogP contribution in [0.25, 0.3) is 11.8 Å². The van der Waals surface area contributed by atoms with E-state index in [1.54, 1.807) is 55.1 Å². The molecule has 7 nitrogen and oxygen atoms in total. The largest absolute Gasteiger partial charge is 0.434 e. The molecule has 0 aliphatic heterocycles. The monoisotopic (exact) mass is 424 g/mol. The number of anilines is 1. The second kappa shape index (κ2) is 9.09. The second-order valence-electron chi connectivity index (χ2n) is 6.48. The third-order valence-electron chi connectivity index (χ3n) is 4.59. The molecule has 0 spiro atoms. The van der Waals surface area contributed by atoms with E-state index < -0.39 is 18.1 Å². The molecule has 0 aliphatic rings. The maximum atomic E-state index is 12.9. The Morgan fingerprint density at radius 1 is 1.16 bits per heavy atom. The van der Waals surface area contributed by atoms with Crippen LogP contribution in [-0.4, -0.2) is 21.9 Å². The summed E-state index contributed by atoms with van der Waals surface area (Å²) in [7, 11) is 1.67. The minimum Gasteiger partial charge on any atom is -0.434 e. The zero-order chi connectivity index (χ0) is 22.5. The van der Waals surface area contributed by atoms with Gasteiger partial charge in [-0.05, 0) is 31.2 Å². The van der Waals surface area contributed by atoms with Crippen molar-refractivity contribution < 1.29 is 18.3 Å². The molecule has 158 valence electrons. The zero-order valence-corrected chi connectivity index (χ0v) is 16.7. The molecule has 0 radical (unpaired) electrons. The summed E-state index contributed by atoms with van der Waals surface area (Å²) in [5.41, 5.74) is 0.363. The summed E-state index contributed by atoms with van der Waals surface area (Å²) in [6.45, 7) is -1.41. The molecule has 0 atom stereocenters. The van der Waals surface area contributed by atoms with E-state index in [-0.39, 0.29) is 22.6 Å². The third kappa shape index (κ3) is 4.53. The van der Waals surface area contributed by atoms with Gasteiger partial charge >= 0.3 is 6.61 Å². The van der Waals surface area contributed by atoms with Gasteiger partial charge in [0.2, 0.25) is 0 Å². The Hall–Kier alpha value is -4.19. The van der Waals surface area contributed by atoms with Crippen molar-refractivity contribution in [2.45, 2.75) is 13.5 Å². The summed E-state index contributed by atoms with van der Waals surface area (Å²) >= 11 is 0. The third-order valence-corrected chi connectivity index (χ3v) is 4.59. The molecular weight excluding hydrogens is 406 g/mol. The standard InChI is InChI=1S/C22H18F2N4O3/c1-14-19(21(30)28(27(14)2)17-9-4-3-5-10-17)26-20(29)16(13-25)12-15-8-6-7-11-18(15)31-22(23)24/h3-12,22H,1-2H3,(H,26,29)/b16-12-. The van der Waals surface area contributed by atoms with Crippen LogP contribution in [0, 0.1) is 18.3 Å². The maximum absolute atomic E-state index is 12.9. The van der Waals surface area contributed by atoms with Gasteiger partial charge in [-0.15, -0.1) is 0 Å². The van der Waals surface area contributed by atoms with Gasteiger partial charge in [0.05, 0.1) is 11.4 Å². The van der Waals surface area contributed by atoms with Crippen molar-refractivity contribution in [3.05, 3.63) is 81.8 Å². The van der Waals surface area contributed by atoms with Gasteiger partial charge < -0.3 is 10.1 Å². The molecule has 0 unspecified atom stereocenters. The van der Waals surface area contributed by atoms with Gasteiger partial charge in [-0.3, -0.25) is 14.3 Å². The highest BCUT2D eigenvalue weighted by Crippen LogP contribution is 2.23. The molecule has 2 aromatic carbocycles. The fourth-order valence-corrected chi connectivity index (χ4v) is 3.00.